The summed E-state index contributed by atoms with van der Waals surface area (Å²) >= 11 is 0. The second-order valence-electron chi connectivity index (χ2n) is 12.5. The zero-order chi connectivity index (χ0) is 32.3. The molecule has 2 heterocycles. The lowest BCUT2D eigenvalue weighted by molar-refractivity contribution is 0.668. The summed E-state index contributed by atoms with van der Waals surface area (Å²) in [6.45, 7) is 0. The molecule has 0 spiro atoms. The first-order valence-corrected chi connectivity index (χ1v) is 16.6. The Bertz CT molecular complexity index is 2830. The lowest BCUT2D eigenvalue weighted by Crippen LogP contribution is -2.11. The molecular weight excluding hydrogens is 599 g/mol. The van der Waals surface area contributed by atoms with Gasteiger partial charge in [0.05, 0.1) is 5.69 Å². The van der Waals surface area contributed by atoms with Gasteiger partial charge >= 0.3 is 0 Å². The van der Waals surface area contributed by atoms with Crippen LogP contribution in [-0.2, 0) is 0 Å². The van der Waals surface area contributed by atoms with Crippen molar-refractivity contribution >= 4 is 71.7 Å². The Morgan fingerprint density at radius 3 is 1.78 bits per heavy atom. The smallest absolute Gasteiger partial charge is 0.136 e. The van der Waals surface area contributed by atoms with Crippen molar-refractivity contribution in [1.82, 2.24) is 0 Å². The Morgan fingerprint density at radius 2 is 0.939 bits per heavy atom. The van der Waals surface area contributed by atoms with Crippen LogP contribution in [0.5, 0.6) is 0 Å². The number of nitrogens with zero attached hydrogens (tertiary/aromatic N) is 1. The van der Waals surface area contributed by atoms with Crippen molar-refractivity contribution in [2.75, 3.05) is 4.90 Å². The molecule has 3 nitrogen and oxygen atoms in total. The highest BCUT2D eigenvalue weighted by Gasteiger charge is 2.23. The predicted octanol–water partition coefficient (Wildman–Crippen LogP) is 13.4. The maximum atomic E-state index is 6.48. The summed E-state index contributed by atoms with van der Waals surface area (Å²) in [5.41, 5.74) is 11.3. The number of rotatable bonds is 5. The molecule has 0 N–H and O–H groups in total. The van der Waals surface area contributed by atoms with Gasteiger partial charge in [0.2, 0.25) is 0 Å². The van der Waals surface area contributed by atoms with Crippen LogP contribution in [0.25, 0.3) is 76.9 Å². The van der Waals surface area contributed by atoms with E-state index in [2.05, 4.69) is 163 Å². The first kappa shape index (κ1) is 27.5. The van der Waals surface area contributed by atoms with E-state index in [9.17, 15) is 0 Å². The number of benzene rings is 8. The second-order valence-corrected chi connectivity index (χ2v) is 12.5. The molecule has 8 aromatic carbocycles. The third-order valence-corrected chi connectivity index (χ3v) is 9.65. The van der Waals surface area contributed by atoms with Crippen LogP contribution in [-0.4, -0.2) is 0 Å². The van der Waals surface area contributed by atoms with E-state index in [4.69, 9.17) is 8.83 Å². The monoisotopic (exact) mass is 627 g/mol. The van der Waals surface area contributed by atoms with Crippen LogP contribution in [0.4, 0.5) is 17.1 Å². The molecule has 0 atom stereocenters. The molecule has 0 bridgehead atoms. The summed E-state index contributed by atoms with van der Waals surface area (Å²) in [6.07, 6.45) is 0. The molecule has 0 saturated heterocycles. The molecule has 230 valence electrons. The largest absolute Gasteiger partial charge is 0.456 e. The minimum absolute atomic E-state index is 0.865. The molecule has 2 aromatic heterocycles. The van der Waals surface area contributed by atoms with Crippen molar-refractivity contribution < 1.29 is 8.83 Å². The number of fused-ring (bicyclic) bond motifs is 7. The van der Waals surface area contributed by atoms with E-state index in [0.29, 0.717) is 0 Å². The van der Waals surface area contributed by atoms with Crippen molar-refractivity contribution in [1.29, 1.82) is 0 Å². The number of hydrogen-bond acceptors (Lipinski definition) is 3. The molecule has 0 amide bonds. The van der Waals surface area contributed by atoms with Gasteiger partial charge in [-0.2, -0.15) is 0 Å². The van der Waals surface area contributed by atoms with Crippen LogP contribution in [0.2, 0.25) is 0 Å². The summed E-state index contributed by atoms with van der Waals surface area (Å²) in [7, 11) is 0. The van der Waals surface area contributed by atoms with Gasteiger partial charge in [0.1, 0.15) is 22.3 Å². The molecule has 0 aliphatic carbocycles. The summed E-state index contributed by atoms with van der Waals surface area (Å²) in [6, 6.07) is 62.2. The Hall–Kier alpha value is -6.58. The van der Waals surface area contributed by atoms with Gasteiger partial charge < -0.3 is 13.7 Å². The summed E-state index contributed by atoms with van der Waals surface area (Å²) in [4.78, 5) is 2.38. The van der Waals surface area contributed by atoms with Gasteiger partial charge in [-0.1, -0.05) is 115 Å². The van der Waals surface area contributed by atoms with Crippen molar-refractivity contribution in [2.24, 2.45) is 0 Å². The first-order chi connectivity index (χ1) is 24.3. The fraction of sp³-hybridized carbons (Fsp3) is 0. The third-order valence-electron chi connectivity index (χ3n) is 9.65. The zero-order valence-electron chi connectivity index (χ0n) is 26.5. The molecule has 0 unspecified atom stereocenters. The molecule has 0 aliphatic rings. The molecule has 49 heavy (non-hydrogen) atoms. The van der Waals surface area contributed by atoms with Crippen LogP contribution in [0.15, 0.2) is 185 Å². The fourth-order valence-corrected chi connectivity index (χ4v) is 7.34. The second kappa shape index (κ2) is 11.0. The van der Waals surface area contributed by atoms with Gasteiger partial charge in [-0.25, -0.2) is 0 Å². The molecule has 10 aromatic rings. The molecule has 0 fully saturated rings. The first-order valence-electron chi connectivity index (χ1n) is 16.6. The maximum Gasteiger partial charge on any atom is 0.136 e. The van der Waals surface area contributed by atoms with E-state index >= 15 is 0 Å². The zero-order valence-corrected chi connectivity index (χ0v) is 26.5. The number of hydrogen-bond donors (Lipinski definition) is 0. The van der Waals surface area contributed by atoms with Crippen molar-refractivity contribution in [3.8, 4) is 22.3 Å². The fourth-order valence-electron chi connectivity index (χ4n) is 7.34. The molecule has 0 saturated carbocycles. The van der Waals surface area contributed by atoms with Gasteiger partial charge in [-0.15, -0.1) is 0 Å². The average Bonchev–Trinajstić information content (AvgIpc) is 3.74. The average molecular weight is 628 g/mol. The summed E-state index contributed by atoms with van der Waals surface area (Å²) in [5, 5.41) is 6.79. The highest BCUT2D eigenvalue weighted by molar-refractivity contribution is 6.17. The third kappa shape index (κ3) is 4.51. The lowest BCUT2D eigenvalue weighted by atomic mass is 9.94. The van der Waals surface area contributed by atoms with Gasteiger partial charge in [0, 0.05) is 38.5 Å². The van der Waals surface area contributed by atoms with Gasteiger partial charge in [0.25, 0.3) is 0 Å². The van der Waals surface area contributed by atoms with Gasteiger partial charge in [-0.3, -0.25) is 0 Å². The van der Waals surface area contributed by atoms with Crippen LogP contribution < -0.4 is 4.90 Å². The van der Waals surface area contributed by atoms with Crippen LogP contribution >= 0.6 is 0 Å². The van der Waals surface area contributed by atoms with Gasteiger partial charge in [0.15, 0.2) is 0 Å². The molecule has 0 aliphatic heterocycles. The minimum Gasteiger partial charge on any atom is -0.456 e. The van der Waals surface area contributed by atoms with E-state index in [1.807, 2.05) is 18.2 Å². The van der Waals surface area contributed by atoms with E-state index in [-0.39, 0.29) is 0 Å². The van der Waals surface area contributed by atoms with Crippen LogP contribution in [0.1, 0.15) is 0 Å². The molecule has 10 rings (SSSR count). The Kier molecular flexibility index (Phi) is 6.18. The lowest BCUT2D eigenvalue weighted by Gasteiger charge is -2.28. The molecular formula is C46H29NO2. The SMILES string of the molecule is c1ccc(-c2ccc(N(c3ccc4oc5ccccc5c4c3)c3ccc4oc5ccccc5c4c3-c3ccc4ccccc4c3)cc2)cc1. The van der Waals surface area contributed by atoms with E-state index in [1.165, 1.54) is 21.9 Å². The van der Waals surface area contributed by atoms with Crippen LogP contribution in [0.3, 0.4) is 0 Å². The number of anilines is 3. The standard InChI is InChI=1S/C46H29NO2/c1-2-10-30(11-3-1)32-20-22-35(23-21-32)47(36-24-26-43-39(29-36)37-14-6-8-16-41(37)48-43)40-25-27-44-46(38-15-7-9-17-42(38)49-44)45(40)34-19-18-31-12-4-5-13-33(31)28-34/h1-29H. The van der Waals surface area contributed by atoms with Crippen LogP contribution in [0, 0.1) is 0 Å². The summed E-state index contributed by atoms with van der Waals surface area (Å²) < 4.78 is 12.7. The minimum atomic E-state index is 0.865. The van der Waals surface area contributed by atoms with E-state index < -0.39 is 0 Å². The normalized spacial score (nSPS) is 11.7. The molecule has 3 heteroatoms. The van der Waals surface area contributed by atoms with Crippen molar-refractivity contribution in [2.45, 2.75) is 0 Å². The van der Waals surface area contributed by atoms with Crippen molar-refractivity contribution in [3.63, 3.8) is 0 Å². The highest BCUT2D eigenvalue weighted by atomic mass is 16.3. The van der Waals surface area contributed by atoms with Crippen molar-refractivity contribution in [3.05, 3.63) is 176 Å². The Labute approximate surface area is 282 Å². The number of para-hydroxylation sites is 2. The Balaban J connectivity index is 1.28. The molecule has 0 radical (unpaired) electrons. The topological polar surface area (TPSA) is 29.5 Å². The van der Waals surface area contributed by atoms with E-state index in [0.717, 1.165) is 72.1 Å². The highest BCUT2D eigenvalue weighted by Crippen LogP contribution is 2.48. The summed E-state index contributed by atoms with van der Waals surface area (Å²) in [5.74, 6) is 0. The van der Waals surface area contributed by atoms with Gasteiger partial charge in [-0.05, 0) is 88.1 Å². The predicted molar refractivity (Wildman–Crippen MR) is 204 cm³/mol. The quantitative estimate of drug-likeness (QED) is 0.190. The number of furan rings is 2. The Morgan fingerprint density at radius 1 is 0.347 bits per heavy atom. The van der Waals surface area contributed by atoms with E-state index in [1.54, 1.807) is 0 Å². The maximum absolute atomic E-state index is 6.48.